The van der Waals surface area contributed by atoms with Gasteiger partial charge in [0.1, 0.15) is 17.3 Å². The molecule has 244 valence electrons. The summed E-state index contributed by atoms with van der Waals surface area (Å²) in [6, 6.07) is 15.4. The van der Waals surface area contributed by atoms with Gasteiger partial charge < -0.3 is 19.1 Å². The van der Waals surface area contributed by atoms with Crippen molar-refractivity contribution in [3.63, 3.8) is 0 Å². The fraction of sp³-hybridized carbons (Fsp3) is 0.472. The highest BCUT2D eigenvalue weighted by Gasteiger charge is 2.25. The summed E-state index contributed by atoms with van der Waals surface area (Å²) < 4.78 is 19.2. The van der Waals surface area contributed by atoms with Gasteiger partial charge >= 0.3 is 0 Å². The Hall–Kier alpha value is -3.99. The molecule has 1 amide bonds. The Balaban J connectivity index is 1.23. The van der Waals surface area contributed by atoms with Crippen molar-refractivity contribution in [2.24, 2.45) is 5.92 Å². The topological polar surface area (TPSA) is 89.4 Å². The third kappa shape index (κ3) is 7.68. The fourth-order valence-electron chi connectivity index (χ4n) is 6.29. The number of hydrogen-bond acceptors (Lipinski definition) is 8. The summed E-state index contributed by atoms with van der Waals surface area (Å²) >= 11 is 0. The summed E-state index contributed by atoms with van der Waals surface area (Å²) in [5.74, 6) is 2.22. The van der Waals surface area contributed by atoms with Crippen molar-refractivity contribution in [1.29, 1.82) is 0 Å². The lowest BCUT2D eigenvalue weighted by atomic mass is 9.98. The molecule has 6 rings (SSSR count). The molecule has 3 heterocycles. The van der Waals surface area contributed by atoms with Gasteiger partial charge in [-0.1, -0.05) is 42.0 Å². The molecule has 10 nitrogen and oxygen atoms in total. The van der Waals surface area contributed by atoms with Crippen LogP contribution in [0.5, 0.6) is 11.5 Å². The predicted molar refractivity (Wildman–Crippen MR) is 178 cm³/mol. The van der Waals surface area contributed by atoms with Gasteiger partial charge in [-0.15, -0.1) is 0 Å². The minimum Gasteiger partial charge on any atom is -0.489 e. The van der Waals surface area contributed by atoms with Crippen LogP contribution in [0.2, 0.25) is 0 Å². The van der Waals surface area contributed by atoms with Gasteiger partial charge in [-0.2, -0.15) is 0 Å². The lowest BCUT2D eigenvalue weighted by Gasteiger charge is -2.34. The van der Waals surface area contributed by atoms with E-state index in [0.29, 0.717) is 61.0 Å². The van der Waals surface area contributed by atoms with Gasteiger partial charge in [-0.25, -0.2) is 4.98 Å². The van der Waals surface area contributed by atoms with E-state index in [1.165, 1.54) is 0 Å². The van der Waals surface area contributed by atoms with Gasteiger partial charge in [-0.3, -0.25) is 24.0 Å². The third-order valence-corrected chi connectivity index (χ3v) is 8.77. The first kappa shape index (κ1) is 32.0. The van der Waals surface area contributed by atoms with Crippen LogP contribution in [-0.4, -0.2) is 102 Å². The molecule has 2 aromatic carbocycles. The molecule has 0 N–H and O–H groups in total. The molecule has 1 aliphatic carbocycles. The van der Waals surface area contributed by atoms with E-state index in [-0.39, 0.29) is 30.1 Å². The van der Waals surface area contributed by atoms with Gasteiger partial charge in [0.2, 0.25) is 0 Å². The number of nitrogens with zero attached hydrogens (tertiary/aromatic N) is 5. The molecular weight excluding hydrogens is 582 g/mol. The molecule has 2 aliphatic heterocycles. The maximum Gasteiger partial charge on any atom is 0.265 e. The maximum absolute atomic E-state index is 14.4. The number of carbonyl (C=O) groups is 1. The van der Waals surface area contributed by atoms with E-state index in [1.807, 2.05) is 74.2 Å². The summed E-state index contributed by atoms with van der Waals surface area (Å²) in [4.78, 5) is 39.0. The third-order valence-electron chi connectivity index (χ3n) is 8.77. The van der Waals surface area contributed by atoms with Crippen molar-refractivity contribution >= 4 is 18.1 Å². The lowest BCUT2D eigenvalue weighted by Crippen LogP contribution is -2.53. The highest BCUT2D eigenvalue weighted by atomic mass is 16.5. The number of hydrogen-bond donors (Lipinski definition) is 0. The SMILES string of the molecule is Cc1ccc(OCC(=O)N2CCN(Cc3nc4c(c(=O)n3-c3ccccc3OC(C)C)=CC(CN3CCOCC3)CC=4)CC2)cc1. The van der Waals surface area contributed by atoms with E-state index in [2.05, 4.69) is 22.0 Å². The van der Waals surface area contributed by atoms with E-state index in [9.17, 15) is 9.59 Å². The highest BCUT2D eigenvalue weighted by molar-refractivity contribution is 5.77. The standard InChI is InChI=1S/C36H45N5O5/c1-26(2)46-33-7-5-4-6-32(33)41-34(37-31-13-10-28(22-30(31)36(41)43)23-39-18-20-44-21-19-39)24-38-14-16-40(17-15-38)35(42)25-45-29-11-8-27(3)9-12-29/h4-9,11-13,22,26,28H,10,14-21,23-25H2,1-3H3. The molecule has 0 bridgehead atoms. The smallest absolute Gasteiger partial charge is 0.265 e. The van der Waals surface area contributed by atoms with Crippen LogP contribution in [0.4, 0.5) is 0 Å². The largest absolute Gasteiger partial charge is 0.489 e. The van der Waals surface area contributed by atoms with Crippen LogP contribution in [0.3, 0.4) is 0 Å². The Kier molecular flexibility index (Phi) is 10.2. The van der Waals surface area contributed by atoms with Crippen molar-refractivity contribution in [1.82, 2.24) is 24.3 Å². The van der Waals surface area contributed by atoms with E-state index in [1.54, 1.807) is 4.57 Å². The Morgan fingerprint density at radius 3 is 2.46 bits per heavy atom. The van der Waals surface area contributed by atoms with Crippen LogP contribution in [0.25, 0.3) is 17.8 Å². The highest BCUT2D eigenvalue weighted by Crippen LogP contribution is 2.24. The van der Waals surface area contributed by atoms with Gasteiger partial charge in [0, 0.05) is 45.8 Å². The van der Waals surface area contributed by atoms with Gasteiger partial charge in [0.05, 0.1) is 42.1 Å². The lowest BCUT2D eigenvalue weighted by molar-refractivity contribution is -0.135. The normalized spacial score (nSPS) is 18.9. The second-order valence-electron chi connectivity index (χ2n) is 12.6. The van der Waals surface area contributed by atoms with Crippen LogP contribution in [-0.2, 0) is 16.1 Å². The molecule has 3 aromatic rings. The Morgan fingerprint density at radius 1 is 0.978 bits per heavy atom. The first-order chi connectivity index (χ1) is 22.3. The zero-order chi connectivity index (χ0) is 32.0. The van der Waals surface area contributed by atoms with Crippen LogP contribution in [0.1, 0.15) is 31.7 Å². The first-order valence-corrected chi connectivity index (χ1v) is 16.4. The van der Waals surface area contributed by atoms with Gasteiger partial charge in [0.15, 0.2) is 6.61 Å². The number of rotatable bonds is 10. The number of carbonyl (C=O) groups excluding carboxylic acids is 1. The molecule has 1 aromatic heterocycles. The van der Waals surface area contributed by atoms with E-state index in [0.717, 1.165) is 50.2 Å². The van der Waals surface area contributed by atoms with E-state index < -0.39 is 0 Å². The zero-order valence-electron chi connectivity index (χ0n) is 27.2. The van der Waals surface area contributed by atoms with Crippen molar-refractivity contribution in [2.75, 3.05) is 65.6 Å². The Bertz CT molecular complexity index is 1690. The second kappa shape index (κ2) is 14.6. The number of piperazine rings is 1. The predicted octanol–water partition coefficient (Wildman–Crippen LogP) is 1.96. The zero-order valence-corrected chi connectivity index (χ0v) is 27.2. The minimum atomic E-state index is -0.0789. The number of aryl methyl sites for hydroxylation is 1. The molecule has 2 saturated heterocycles. The molecule has 1 atom stereocenters. The maximum atomic E-state index is 14.4. The van der Waals surface area contributed by atoms with Crippen LogP contribution in [0.15, 0.2) is 53.3 Å². The molecule has 10 heteroatoms. The summed E-state index contributed by atoms with van der Waals surface area (Å²) in [5, 5.41) is 1.40. The number of fused-ring (bicyclic) bond motifs is 1. The molecule has 0 spiro atoms. The molecule has 46 heavy (non-hydrogen) atoms. The second-order valence-corrected chi connectivity index (χ2v) is 12.6. The minimum absolute atomic E-state index is 0.0144. The first-order valence-electron chi connectivity index (χ1n) is 16.4. The van der Waals surface area contributed by atoms with Crippen molar-refractivity contribution in [3.05, 3.63) is 80.8 Å². The van der Waals surface area contributed by atoms with Crippen molar-refractivity contribution in [3.8, 4) is 17.2 Å². The fourth-order valence-corrected chi connectivity index (χ4v) is 6.29. The summed E-state index contributed by atoms with van der Waals surface area (Å²) in [6.07, 6.45) is 5.04. The monoisotopic (exact) mass is 627 g/mol. The van der Waals surface area contributed by atoms with Crippen LogP contribution in [0, 0.1) is 12.8 Å². The number of amides is 1. The number of ether oxygens (including phenoxy) is 3. The van der Waals surface area contributed by atoms with Gasteiger partial charge in [-0.05, 0) is 57.4 Å². The quantitative estimate of drug-likeness (QED) is 0.337. The van der Waals surface area contributed by atoms with Crippen LogP contribution >= 0.6 is 0 Å². The number of benzene rings is 2. The van der Waals surface area contributed by atoms with Gasteiger partial charge in [0.25, 0.3) is 11.5 Å². The van der Waals surface area contributed by atoms with Crippen LogP contribution < -0.4 is 25.6 Å². The molecule has 2 fully saturated rings. The number of aromatic nitrogens is 2. The van der Waals surface area contributed by atoms with Crippen molar-refractivity contribution < 1.29 is 19.0 Å². The van der Waals surface area contributed by atoms with E-state index >= 15 is 0 Å². The summed E-state index contributed by atoms with van der Waals surface area (Å²) in [7, 11) is 0. The number of para-hydroxylation sites is 2. The average Bonchev–Trinajstić information content (AvgIpc) is 3.06. The van der Waals surface area contributed by atoms with Crippen molar-refractivity contribution in [2.45, 2.75) is 39.8 Å². The molecule has 3 aliphatic rings. The summed E-state index contributed by atoms with van der Waals surface area (Å²) in [5.41, 5.74) is 1.76. The van der Waals surface area contributed by atoms with E-state index in [4.69, 9.17) is 19.2 Å². The molecular formula is C36H45N5O5. The molecule has 1 unspecified atom stereocenters. The average molecular weight is 628 g/mol. The molecule has 0 radical (unpaired) electrons. The Morgan fingerprint density at radius 2 is 1.72 bits per heavy atom. The summed E-state index contributed by atoms with van der Waals surface area (Å²) in [6.45, 7) is 13.2. The number of morpholine rings is 1. The Labute approximate surface area is 270 Å². The molecule has 0 saturated carbocycles.